The number of hydrogen-bond acceptors (Lipinski definition) is 3. The first kappa shape index (κ1) is 13.4. The first-order valence-electron chi connectivity index (χ1n) is 6.95. The fraction of sp³-hybridized carbons (Fsp3) is 0.600. The van der Waals surface area contributed by atoms with E-state index in [1.54, 1.807) is 0 Å². The van der Waals surface area contributed by atoms with Gasteiger partial charge in [-0.25, -0.2) is 0 Å². The summed E-state index contributed by atoms with van der Waals surface area (Å²) in [5.74, 6) is 0. The predicted octanol–water partition coefficient (Wildman–Crippen LogP) is 1.85. The molecule has 0 aromatic heterocycles. The van der Waals surface area contributed by atoms with Gasteiger partial charge in [0.25, 0.3) is 0 Å². The number of rotatable bonds is 4. The molecule has 0 radical (unpaired) electrons. The number of hydrogen-bond donors (Lipinski definition) is 1. The average Bonchev–Trinajstić information content (AvgIpc) is 2.37. The van der Waals surface area contributed by atoms with Crippen LogP contribution in [0.15, 0.2) is 24.3 Å². The quantitative estimate of drug-likeness (QED) is 0.881. The molecule has 2 rings (SSSR count). The zero-order chi connectivity index (χ0) is 13.0. The van der Waals surface area contributed by atoms with E-state index >= 15 is 0 Å². The van der Waals surface area contributed by atoms with Crippen molar-refractivity contribution >= 4 is 5.69 Å². The Kier molecular flexibility index (Phi) is 4.61. The minimum Gasteiger partial charge on any atom is -0.369 e. The van der Waals surface area contributed by atoms with Crippen LogP contribution in [-0.2, 0) is 0 Å². The molecule has 1 aliphatic rings. The van der Waals surface area contributed by atoms with E-state index in [0.717, 1.165) is 39.1 Å². The van der Waals surface area contributed by atoms with E-state index in [-0.39, 0.29) is 0 Å². The molecule has 1 aromatic rings. The Morgan fingerprint density at radius 3 is 2.56 bits per heavy atom. The van der Waals surface area contributed by atoms with Gasteiger partial charge in [-0.2, -0.15) is 0 Å². The number of anilines is 1. The molecule has 100 valence electrons. The van der Waals surface area contributed by atoms with Crippen LogP contribution in [0, 0.1) is 6.92 Å². The summed E-state index contributed by atoms with van der Waals surface area (Å²) in [6.07, 6.45) is 1.10. The van der Waals surface area contributed by atoms with Gasteiger partial charge in [-0.15, -0.1) is 0 Å². The third kappa shape index (κ3) is 3.72. The lowest BCUT2D eigenvalue weighted by molar-refractivity contribution is 0.250. The summed E-state index contributed by atoms with van der Waals surface area (Å²) in [5.41, 5.74) is 8.51. The highest BCUT2D eigenvalue weighted by molar-refractivity contribution is 5.48. The van der Waals surface area contributed by atoms with Crippen LogP contribution in [0.2, 0.25) is 0 Å². The molecule has 2 N–H and O–H groups in total. The molecule has 1 atom stereocenters. The molecule has 0 spiro atoms. The number of piperazine rings is 1. The Morgan fingerprint density at radius 1 is 1.22 bits per heavy atom. The Labute approximate surface area is 111 Å². The van der Waals surface area contributed by atoms with E-state index in [9.17, 15) is 0 Å². The molecular weight excluding hydrogens is 222 g/mol. The van der Waals surface area contributed by atoms with Crippen LogP contribution in [0.5, 0.6) is 0 Å². The zero-order valence-electron chi connectivity index (χ0n) is 11.6. The van der Waals surface area contributed by atoms with E-state index < -0.39 is 0 Å². The van der Waals surface area contributed by atoms with E-state index in [1.165, 1.54) is 11.3 Å². The van der Waals surface area contributed by atoms with Crippen molar-refractivity contribution in [2.45, 2.75) is 26.3 Å². The smallest absolute Gasteiger partial charge is 0.0369 e. The van der Waals surface area contributed by atoms with Gasteiger partial charge >= 0.3 is 0 Å². The van der Waals surface area contributed by atoms with Gasteiger partial charge in [0.1, 0.15) is 0 Å². The molecule has 1 saturated heterocycles. The van der Waals surface area contributed by atoms with Crippen LogP contribution in [0.25, 0.3) is 0 Å². The molecule has 0 saturated carbocycles. The molecule has 1 aliphatic heterocycles. The van der Waals surface area contributed by atoms with Crippen molar-refractivity contribution in [3.63, 3.8) is 0 Å². The topological polar surface area (TPSA) is 32.5 Å². The van der Waals surface area contributed by atoms with Gasteiger partial charge in [-0.1, -0.05) is 12.1 Å². The Hall–Kier alpha value is -1.06. The largest absolute Gasteiger partial charge is 0.369 e. The van der Waals surface area contributed by atoms with Crippen LogP contribution < -0.4 is 10.6 Å². The van der Waals surface area contributed by atoms with E-state index in [4.69, 9.17) is 5.73 Å². The number of nitrogens with two attached hydrogens (primary N) is 1. The molecule has 0 aliphatic carbocycles. The average molecular weight is 247 g/mol. The molecular formula is C15H25N3. The van der Waals surface area contributed by atoms with Crippen LogP contribution in [-0.4, -0.2) is 43.7 Å². The Morgan fingerprint density at radius 2 is 1.94 bits per heavy atom. The third-order valence-corrected chi connectivity index (χ3v) is 3.64. The highest BCUT2D eigenvalue weighted by Crippen LogP contribution is 2.17. The molecule has 18 heavy (non-hydrogen) atoms. The lowest BCUT2D eigenvalue weighted by Gasteiger charge is -2.36. The van der Waals surface area contributed by atoms with Gasteiger partial charge in [0.15, 0.2) is 0 Å². The van der Waals surface area contributed by atoms with Gasteiger partial charge < -0.3 is 10.6 Å². The minimum absolute atomic E-state index is 0.319. The maximum atomic E-state index is 5.81. The Bertz CT molecular complexity index is 368. The number of benzene rings is 1. The maximum Gasteiger partial charge on any atom is 0.0369 e. The minimum atomic E-state index is 0.319. The molecule has 3 heteroatoms. The lowest BCUT2D eigenvalue weighted by Crippen LogP contribution is -2.47. The van der Waals surface area contributed by atoms with Gasteiger partial charge in [0.2, 0.25) is 0 Å². The molecule has 0 amide bonds. The van der Waals surface area contributed by atoms with Crippen molar-refractivity contribution in [1.82, 2.24) is 4.90 Å². The monoisotopic (exact) mass is 247 g/mol. The van der Waals surface area contributed by atoms with Crippen molar-refractivity contribution in [3.05, 3.63) is 29.8 Å². The predicted molar refractivity (Wildman–Crippen MR) is 78.1 cm³/mol. The SMILES string of the molecule is Cc1cccc(N2CCN(CC[C@H](C)N)CC2)c1. The first-order chi connectivity index (χ1) is 8.65. The highest BCUT2D eigenvalue weighted by atomic mass is 15.3. The molecule has 1 heterocycles. The maximum absolute atomic E-state index is 5.81. The van der Waals surface area contributed by atoms with Crippen molar-refractivity contribution < 1.29 is 0 Å². The summed E-state index contributed by atoms with van der Waals surface area (Å²) in [4.78, 5) is 5.00. The van der Waals surface area contributed by atoms with Crippen LogP contribution >= 0.6 is 0 Å². The second kappa shape index (κ2) is 6.21. The van der Waals surface area contributed by atoms with Gasteiger partial charge in [0.05, 0.1) is 0 Å². The van der Waals surface area contributed by atoms with Crippen LogP contribution in [0.4, 0.5) is 5.69 Å². The summed E-state index contributed by atoms with van der Waals surface area (Å²) in [5, 5.41) is 0. The van der Waals surface area contributed by atoms with Crippen molar-refractivity contribution in [2.75, 3.05) is 37.6 Å². The zero-order valence-corrected chi connectivity index (χ0v) is 11.6. The summed E-state index contributed by atoms with van der Waals surface area (Å²) >= 11 is 0. The normalized spacial score (nSPS) is 18.9. The summed E-state index contributed by atoms with van der Waals surface area (Å²) < 4.78 is 0. The van der Waals surface area contributed by atoms with Gasteiger partial charge in [0, 0.05) is 37.9 Å². The van der Waals surface area contributed by atoms with Crippen molar-refractivity contribution in [3.8, 4) is 0 Å². The molecule has 3 nitrogen and oxygen atoms in total. The van der Waals surface area contributed by atoms with Crippen molar-refractivity contribution in [1.29, 1.82) is 0 Å². The molecule has 1 aromatic carbocycles. The Balaban J connectivity index is 1.83. The molecule has 0 unspecified atom stereocenters. The summed E-state index contributed by atoms with van der Waals surface area (Å²) in [6.45, 7) is 9.94. The lowest BCUT2D eigenvalue weighted by atomic mass is 10.2. The van der Waals surface area contributed by atoms with Gasteiger partial charge in [-0.3, -0.25) is 4.90 Å². The van der Waals surface area contributed by atoms with Crippen molar-refractivity contribution in [2.24, 2.45) is 5.73 Å². The standard InChI is InChI=1S/C15H25N3/c1-13-4-3-5-15(12-13)18-10-8-17(9-11-18)7-6-14(2)16/h3-5,12,14H,6-11,16H2,1-2H3/t14-/m0/s1. The fourth-order valence-electron chi connectivity index (χ4n) is 2.44. The van der Waals surface area contributed by atoms with E-state index in [0.29, 0.717) is 6.04 Å². The van der Waals surface area contributed by atoms with E-state index in [1.807, 2.05) is 0 Å². The summed E-state index contributed by atoms with van der Waals surface area (Å²) in [6, 6.07) is 9.11. The van der Waals surface area contributed by atoms with E-state index in [2.05, 4.69) is 47.9 Å². The second-order valence-electron chi connectivity index (χ2n) is 5.43. The fourth-order valence-corrected chi connectivity index (χ4v) is 2.44. The highest BCUT2D eigenvalue weighted by Gasteiger charge is 2.16. The number of aryl methyl sites for hydroxylation is 1. The third-order valence-electron chi connectivity index (χ3n) is 3.64. The molecule has 0 bridgehead atoms. The second-order valence-corrected chi connectivity index (χ2v) is 5.43. The van der Waals surface area contributed by atoms with Gasteiger partial charge in [-0.05, 0) is 44.5 Å². The van der Waals surface area contributed by atoms with Crippen LogP contribution in [0.1, 0.15) is 18.9 Å². The summed E-state index contributed by atoms with van der Waals surface area (Å²) in [7, 11) is 0. The van der Waals surface area contributed by atoms with Crippen LogP contribution in [0.3, 0.4) is 0 Å². The number of nitrogens with zero attached hydrogens (tertiary/aromatic N) is 2. The molecule has 1 fully saturated rings. The first-order valence-corrected chi connectivity index (χ1v) is 6.95.